The van der Waals surface area contributed by atoms with Gasteiger partial charge in [-0.2, -0.15) is 0 Å². The van der Waals surface area contributed by atoms with E-state index in [1.54, 1.807) is 0 Å². The molecule has 0 radical (unpaired) electrons. The van der Waals surface area contributed by atoms with Crippen molar-refractivity contribution in [3.05, 3.63) is 51.3 Å². The van der Waals surface area contributed by atoms with E-state index in [-0.39, 0.29) is 0 Å². The molecule has 5 nitrogen and oxygen atoms in total. The normalized spacial score (nSPS) is 13.6. The number of hydrogen-bond donors (Lipinski definition) is 0. The second-order valence-corrected chi connectivity index (χ2v) is 7.10. The molecule has 2 aromatic rings. The molecule has 0 saturated heterocycles. The van der Waals surface area contributed by atoms with Gasteiger partial charge in [-0.15, -0.1) is 0 Å². The third-order valence-electron chi connectivity index (χ3n) is 4.82. The molecule has 0 bridgehead atoms. The summed E-state index contributed by atoms with van der Waals surface area (Å²) in [6, 6.07) is 10.2. The van der Waals surface area contributed by atoms with Crippen LogP contribution in [0.25, 0.3) is 17.3 Å². The lowest BCUT2D eigenvalue weighted by Gasteiger charge is -2.10. The third kappa shape index (κ3) is 3.38. The highest BCUT2D eigenvalue weighted by Crippen LogP contribution is 2.27. The molecule has 0 N–H and O–H groups in total. The van der Waals surface area contributed by atoms with Gasteiger partial charge in [0, 0.05) is 22.6 Å². The van der Waals surface area contributed by atoms with E-state index in [1.165, 1.54) is 0 Å². The maximum Gasteiger partial charge on any atom is 0.161 e. The zero-order valence-corrected chi connectivity index (χ0v) is 16.9. The Kier molecular flexibility index (Phi) is 5.09. The van der Waals surface area contributed by atoms with Crippen molar-refractivity contribution >= 4 is 17.3 Å². The molecular formula is C23H26N2O3. The zero-order chi connectivity index (χ0) is 19.7. The van der Waals surface area contributed by atoms with Crippen LogP contribution in [0.2, 0.25) is 0 Å². The fourth-order valence-electron chi connectivity index (χ4n) is 3.52. The van der Waals surface area contributed by atoms with Crippen molar-refractivity contribution in [2.45, 2.75) is 13.8 Å². The highest BCUT2D eigenvalue weighted by atomic mass is 16.5. The minimum absolute atomic E-state index is 0.597. The van der Waals surface area contributed by atoms with Gasteiger partial charge in [-0.05, 0) is 69.6 Å². The molecule has 0 saturated carbocycles. The molecule has 1 aliphatic heterocycles. The van der Waals surface area contributed by atoms with Crippen LogP contribution in [0, 0.1) is 0 Å². The van der Waals surface area contributed by atoms with Crippen molar-refractivity contribution in [3.8, 4) is 17.2 Å². The van der Waals surface area contributed by atoms with Crippen LogP contribution in [0.1, 0.15) is 13.8 Å². The lowest BCUT2D eigenvalue weighted by atomic mass is 10.1. The second kappa shape index (κ2) is 7.68. The van der Waals surface area contributed by atoms with Crippen molar-refractivity contribution in [2.24, 2.45) is 4.99 Å². The van der Waals surface area contributed by atoms with E-state index in [4.69, 9.17) is 19.2 Å². The van der Waals surface area contributed by atoms with E-state index in [9.17, 15) is 0 Å². The van der Waals surface area contributed by atoms with Gasteiger partial charge < -0.3 is 19.1 Å². The molecular weight excluding hydrogens is 352 g/mol. The summed E-state index contributed by atoms with van der Waals surface area (Å²) < 4.78 is 17.5. The quantitative estimate of drug-likeness (QED) is 0.682. The van der Waals surface area contributed by atoms with Crippen LogP contribution in [0.15, 0.2) is 35.3 Å². The number of fused-ring (bicyclic) bond motifs is 3. The number of benzene rings is 2. The van der Waals surface area contributed by atoms with Crippen LogP contribution in [-0.2, 0) is 0 Å². The zero-order valence-electron chi connectivity index (χ0n) is 16.9. The summed E-state index contributed by atoms with van der Waals surface area (Å²) in [6.07, 6.45) is 2.18. The van der Waals surface area contributed by atoms with Gasteiger partial charge in [0.2, 0.25) is 0 Å². The van der Waals surface area contributed by atoms with Gasteiger partial charge in [0.25, 0.3) is 0 Å². The molecule has 0 atom stereocenters. The maximum atomic E-state index is 5.91. The van der Waals surface area contributed by atoms with Crippen LogP contribution in [0.4, 0.5) is 0 Å². The van der Waals surface area contributed by atoms with Gasteiger partial charge in [-0.1, -0.05) is 0 Å². The van der Waals surface area contributed by atoms with Crippen LogP contribution in [-0.4, -0.2) is 45.4 Å². The molecule has 1 aliphatic carbocycles. The average Bonchev–Trinajstić information content (AvgIpc) is 3.18. The molecule has 5 heteroatoms. The summed E-state index contributed by atoms with van der Waals surface area (Å²) in [5.74, 6) is 2.42. The standard InChI is InChI=1S/C23H26N2O3/c1-5-26-21-12-15-11-19-18-13-16(28-10-9-25(3)4)7-8-20(18)24-23(19)17(15)14-22(21)27-6-2/h7-8,11-14H,5-6,9-10H2,1-4H3. The minimum Gasteiger partial charge on any atom is -0.492 e. The number of ether oxygens (including phenoxy) is 3. The van der Waals surface area contributed by atoms with Gasteiger partial charge in [-0.3, -0.25) is 0 Å². The predicted molar refractivity (Wildman–Crippen MR) is 111 cm³/mol. The fraction of sp³-hybridized carbons (Fsp3) is 0.348. The van der Waals surface area contributed by atoms with E-state index in [2.05, 4.69) is 23.1 Å². The highest BCUT2D eigenvalue weighted by molar-refractivity contribution is 6.07. The molecule has 2 aromatic carbocycles. The number of rotatable bonds is 8. The first-order chi connectivity index (χ1) is 13.6. The molecule has 2 aliphatic rings. The topological polar surface area (TPSA) is 43.3 Å². The van der Waals surface area contributed by atoms with Gasteiger partial charge in [0.1, 0.15) is 12.4 Å². The summed E-state index contributed by atoms with van der Waals surface area (Å²) in [4.78, 5) is 6.98. The van der Waals surface area contributed by atoms with Gasteiger partial charge in [-0.25, -0.2) is 4.99 Å². The van der Waals surface area contributed by atoms with Crippen molar-refractivity contribution in [3.63, 3.8) is 0 Å². The molecule has 4 rings (SSSR count). The molecule has 0 unspecified atom stereocenters. The van der Waals surface area contributed by atoms with E-state index in [0.717, 1.165) is 56.1 Å². The Balaban J connectivity index is 1.78. The molecule has 28 heavy (non-hydrogen) atoms. The number of hydrogen-bond acceptors (Lipinski definition) is 5. The van der Waals surface area contributed by atoms with Gasteiger partial charge in [0.05, 0.1) is 24.3 Å². The van der Waals surface area contributed by atoms with E-state index < -0.39 is 0 Å². The summed E-state index contributed by atoms with van der Waals surface area (Å²) in [5.41, 5.74) is 2.14. The summed E-state index contributed by atoms with van der Waals surface area (Å²) in [6.45, 7) is 6.70. The fourth-order valence-corrected chi connectivity index (χ4v) is 3.52. The van der Waals surface area contributed by atoms with Crippen LogP contribution in [0.5, 0.6) is 17.2 Å². The lowest BCUT2D eigenvalue weighted by molar-refractivity contribution is 0.261. The smallest absolute Gasteiger partial charge is 0.161 e. The van der Waals surface area contributed by atoms with Crippen molar-refractivity contribution < 1.29 is 14.2 Å². The van der Waals surface area contributed by atoms with Crippen molar-refractivity contribution in [2.75, 3.05) is 40.5 Å². The molecule has 0 spiro atoms. The van der Waals surface area contributed by atoms with Crippen molar-refractivity contribution in [1.82, 2.24) is 4.90 Å². The Morgan fingerprint density at radius 1 is 0.893 bits per heavy atom. The Labute approximate surface area is 164 Å². The second-order valence-electron chi connectivity index (χ2n) is 7.10. The lowest BCUT2D eigenvalue weighted by Crippen LogP contribution is -2.25. The number of likely N-dealkylation sites (N-methyl/N-ethyl adjacent to an activating group) is 1. The molecule has 1 heterocycles. The predicted octanol–water partition coefficient (Wildman–Crippen LogP) is 0.811. The first-order valence-electron chi connectivity index (χ1n) is 9.77. The first-order valence-corrected chi connectivity index (χ1v) is 9.77. The Hall–Kier alpha value is -2.79. The van der Waals surface area contributed by atoms with Gasteiger partial charge >= 0.3 is 0 Å². The van der Waals surface area contributed by atoms with E-state index >= 15 is 0 Å². The molecule has 0 amide bonds. The largest absolute Gasteiger partial charge is 0.492 e. The third-order valence-corrected chi connectivity index (χ3v) is 4.82. The Bertz CT molecular complexity index is 1150. The Morgan fingerprint density at radius 2 is 1.64 bits per heavy atom. The van der Waals surface area contributed by atoms with Crippen molar-refractivity contribution in [1.29, 1.82) is 0 Å². The summed E-state index contributed by atoms with van der Waals surface area (Å²) >= 11 is 0. The van der Waals surface area contributed by atoms with Crippen LogP contribution < -0.4 is 35.2 Å². The summed E-state index contributed by atoms with van der Waals surface area (Å²) in [7, 11) is 4.08. The average molecular weight is 378 g/mol. The van der Waals surface area contributed by atoms with Gasteiger partial charge in [0.15, 0.2) is 11.5 Å². The minimum atomic E-state index is 0.597. The number of nitrogens with zero attached hydrogens (tertiary/aromatic N) is 2. The Morgan fingerprint density at radius 3 is 2.36 bits per heavy atom. The van der Waals surface area contributed by atoms with Crippen LogP contribution >= 0.6 is 0 Å². The first kappa shape index (κ1) is 18.6. The highest BCUT2D eigenvalue weighted by Gasteiger charge is 2.19. The monoisotopic (exact) mass is 378 g/mol. The SMILES string of the molecule is CCOc1cc2c(cc1OCC)=C1N=c3ccc(OCCN(C)C)cc3=C1C=2. The van der Waals surface area contributed by atoms with Crippen LogP contribution in [0.3, 0.4) is 0 Å². The molecule has 0 fully saturated rings. The maximum absolute atomic E-state index is 5.91. The summed E-state index contributed by atoms with van der Waals surface area (Å²) in [5, 5.41) is 4.31. The molecule has 0 aromatic heterocycles. The van der Waals surface area contributed by atoms with E-state index in [1.807, 2.05) is 46.1 Å². The van der Waals surface area contributed by atoms with E-state index in [0.29, 0.717) is 19.8 Å². The molecule has 146 valence electrons.